The van der Waals surface area contributed by atoms with Gasteiger partial charge in [-0.2, -0.15) is 0 Å². The molecule has 1 amide bonds. The van der Waals surface area contributed by atoms with E-state index in [-0.39, 0.29) is 5.91 Å². The van der Waals surface area contributed by atoms with Crippen LogP contribution in [0, 0.1) is 0 Å². The molecule has 7 nitrogen and oxygen atoms in total. The zero-order chi connectivity index (χ0) is 15.4. The SMILES string of the molecule is CCN1CCN(C(=O)c2ccc(N3CCOCC3)nn2)CC1. The van der Waals surface area contributed by atoms with Crippen molar-refractivity contribution < 1.29 is 9.53 Å². The van der Waals surface area contributed by atoms with Crippen LogP contribution in [0.2, 0.25) is 0 Å². The van der Waals surface area contributed by atoms with Crippen LogP contribution >= 0.6 is 0 Å². The van der Waals surface area contributed by atoms with E-state index in [1.165, 1.54) is 0 Å². The summed E-state index contributed by atoms with van der Waals surface area (Å²) in [5.74, 6) is 0.799. The van der Waals surface area contributed by atoms with Crippen molar-refractivity contribution in [3.63, 3.8) is 0 Å². The number of hydrogen-bond acceptors (Lipinski definition) is 6. The molecule has 0 bridgehead atoms. The lowest BCUT2D eigenvalue weighted by Gasteiger charge is -2.33. The lowest BCUT2D eigenvalue weighted by Crippen LogP contribution is -2.48. The summed E-state index contributed by atoms with van der Waals surface area (Å²) in [7, 11) is 0. The number of carbonyl (C=O) groups is 1. The molecule has 0 atom stereocenters. The third kappa shape index (κ3) is 3.36. The molecule has 1 aromatic rings. The van der Waals surface area contributed by atoms with Crippen LogP contribution < -0.4 is 4.90 Å². The molecule has 1 aromatic heterocycles. The summed E-state index contributed by atoms with van der Waals surface area (Å²) in [5.41, 5.74) is 0.432. The maximum absolute atomic E-state index is 12.5. The van der Waals surface area contributed by atoms with Crippen LogP contribution in [0.25, 0.3) is 0 Å². The van der Waals surface area contributed by atoms with Gasteiger partial charge in [0.05, 0.1) is 13.2 Å². The minimum Gasteiger partial charge on any atom is -0.378 e. The van der Waals surface area contributed by atoms with E-state index in [1.54, 1.807) is 6.07 Å². The van der Waals surface area contributed by atoms with E-state index in [9.17, 15) is 4.79 Å². The molecule has 2 saturated heterocycles. The number of rotatable bonds is 3. The predicted octanol–water partition coefficient (Wildman–Crippen LogP) is 0.0909. The number of piperazine rings is 1. The van der Waals surface area contributed by atoms with E-state index in [2.05, 4.69) is 26.9 Å². The highest BCUT2D eigenvalue weighted by Crippen LogP contribution is 2.13. The average Bonchev–Trinajstić information content (AvgIpc) is 2.62. The molecule has 2 aliphatic heterocycles. The van der Waals surface area contributed by atoms with Gasteiger partial charge in [0.25, 0.3) is 5.91 Å². The first-order valence-corrected chi connectivity index (χ1v) is 7.96. The Morgan fingerprint density at radius 2 is 1.82 bits per heavy atom. The molecule has 0 saturated carbocycles. The van der Waals surface area contributed by atoms with E-state index in [0.717, 1.165) is 51.6 Å². The highest BCUT2D eigenvalue weighted by molar-refractivity contribution is 5.92. The van der Waals surface area contributed by atoms with Crippen molar-refractivity contribution in [2.45, 2.75) is 6.92 Å². The second kappa shape index (κ2) is 7.02. The zero-order valence-corrected chi connectivity index (χ0v) is 13.1. The first-order valence-electron chi connectivity index (χ1n) is 7.96. The standard InChI is InChI=1S/C15H23N5O2/c1-2-18-5-7-20(8-6-18)15(21)13-3-4-14(17-16-13)19-9-11-22-12-10-19/h3-4H,2,5-12H2,1H3. The normalized spacial score (nSPS) is 20.2. The molecule has 3 rings (SSSR count). The zero-order valence-electron chi connectivity index (χ0n) is 13.1. The second-order valence-corrected chi connectivity index (χ2v) is 5.60. The second-order valence-electron chi connectivity index (χ2n) is 5.60. The molecule has 3 heterocycles. The Kier molecular flexibility index (Phi) is 4.84. The Bertz CT molecular complexity index is 493. The molecule has 7 heteroatoms. The molecular formula is C15H23N5O2. The van der Waals surface area contributed by atoms with Gasteiger partial charge in [-0.3, -0.25) is 4.79 Å². The fourth-order valence-corrected chi connectivity index (χ4v) is 2.83. The monoisotopic (exact) mass is 305 g/mol. The lowest BCUT2D eigenvalue weighted by molar-refractivity contribution is 0.0636. The van der Waals surface area contributed by atoms with E-state index < -0.39 is 0 Å². The number of carbonyl (C=O) groups excluding carboxylic acids is 1. The molecule has 2 fully saturated rings. The highest BCUT2D eigenvalue weighted by atomic mass is 16.5. The van der Waals surface area contributed by atoms with Gasteiger partial charge in [0, 0.05) is 39.3 Å². The van der Waals surface area contributed by atoms with Gasteiger partial charge in [-0.25, -0.2) is 0 Å². The van der Waals surface area contributed by atoms with Crippen molar-refractivity contribution >= 4 is 11.7 Å². The number of amides is 1. The van der Waals surface area contributed by atoms with Crippen molar-refractivity contribution in [1.82, 2.24) is 20.0 Å². The van der Waals surface area contributed by atoms with Gasteiger partial charge < -0.3 is 19.4 Å². The van der Waals surface area contributed by atoms with Crippen LogP contribution in [0.4, 0.5) is 5.82 Å². The summed E-state index contributed by atoms with van der Waals surface area (Å²) in [6.45, 7) is 9.64. The van der Waals surface area contributed by atoms with Crippen molar-refractivity contribution in [3.8, 4) is 0 Å². The molecule has 22 heavy (non-hydrogen) atoms. The number of morpholine rings is 1. The van der Waals surface area contributed by atoms with Crippen molar-refractivity contribution in [3.05, 3.63) is 17.8 Å². The average molecular weight is 305 g/mol. The minimum atomic E-state index is -0.0169. The fraction of sp³-hybridized carbons (Fsp3) is 0.667. The molecule has 120 valence electrons. The third-order valence-corrected chi connectivity index (χ3v) is 4.31. The molecule has 0 aliphatic carbocycles. The summed E-state index contributed by atoms with van der Waals surface area (Å²) in [6, 6.07) is 3.67. The van der Waals surface area contributed by atoms with Gasteiger partial charge in [-0.05, 0) is 18.7 Å². The van der Waals surface area contributed by atoms with Crippen LogP contribution in [0.15, 0.2) is 12.1 Å². The molecule has 0 aromatic carbocycles. The smallest absolute Gasteiger partial charge is 0.274 e. The number of ether oxygens (including phenoxy) is 1. The molecular weight excluding hydrogens is 282 g/mol. The van der Waals surface area contributed by atoms with E-state index >= 15 is 0 Å². The number of aromatic nitrogens is 2. The molecule has 0 radical (unpaired) electrons. The highest BCUT2D eigenvalue weighted by Gasteiger charge is 2.23. The summed E-state index contributed by atoms with van der Waals surface area (Å²) in [4.78, 5) is 18.8. The summed E-state index contributed by atoms with van der Waals surface area (Å²) in [5, 5.41) is 8.34. The maximum Gasteiger partial charge on any atom is 0.274 e. The van der Waals surface area contributed by atoms with Crippen LogP contribution in [-0.2, 0) is 4.74 Å². The van der Waals surface area contributed by atoms with Crippen molar-refractivity contribution in [1.29, 1.82) is 0 Å². The maximum atomic E-state index is 12.5. The van der Waals surface area contributed by atoms with Gasteiger partial charge in [0.1, 0.15) is 0 Å². The Morgan fingerprint density at radius 3 is 2.41 bits per heavy atom. The van der Waals surface area contributed by atoms with Crippen molar-refractivity contribution in [2.24, 2.45) is 0 Å². The first kappa shape index (κ1) is 15.2. The summed E-state index contributed by atoms with van der Waals surface area (Å²) >= 11 is 0. The molecule has 0 spiro atoms. The van der Waals surface area contributed by atoms with Gasteiger partial charge in [0.2, 0.25) is 0 Å². The minimum absolute atomic E-state index is 0.0169. The quantitative estimate of drug-likeness (QED) is 0.789. The largest absolute Gasteiger partial charge is 0.378 e. The summed E-state index contributed by atoms with van der Waals surface area (Å²) in [6.07, 6.45) is 0. The van der Waals surface area contributed by atoms with Gasteiger partial charge in [-0.1, -0.05) is 6.92 Å². The molecule has 2 aliphatic rings. The number of anilines is 1. The van der Waals surface area contributed by atoms with E-state index in [0.29, 0.717) is 18.9 Å². The van der Waals surface area contributed by atoms with Crippen LogP contribution in [-0.4, -0.2) is 84.9 Å². The van der Waals surface area contributed by atoms with Crippen LogP contribution in [0.3, 0.4) is 0 Å². The van der Waals surface area contributed by atoms with Crippen LogP contribution in [0.5, 0.6) is 0 Å². The van der Waals surface area contributed by atoms with E-state index in [1.807, 2.05) is 11.0 Å². The Labute approximate surface area is 130 Å². The van der Waals surface area contributed by atoms with Crippen LogP contribution in [0.1, 0.15) is 17.4 Å². The lowest BCUT2D eigenvalue weighted by atomic mass is 10.2. The Morgan fingerprint density at radius 1 is 1.09 bits per heavy atom. The van der Waals surface area contributed by atoms with Gasteiger partial charge in [-0.15, -0.1) is 10.2 Å². The Hall–Kier alpha value is -1.73. The topological polar surface area (TPSA) is 61.8 Å². The molecule has 0 unspecified atom stereocenters. The predicted molar refractivity (Wildman–Crippen MR) is 83.1 cm³/mol. The van der Waals surface area contributed by atoms with E-state index in [4.69, 9.17) is 4.74 Å². The van der Waals surface area contributed by atoms with Gasteiger partial charge in [0.15, 0.2) is 11.5 Å². The number of likely N-dealkylation sites (N-methyl/N-ethyl adjacent to an activating group) is 1. The number of nitrogens with zero attached hydrogens (tertiary/aromatic N) is 5. The summed E-state index contributed by atoms with van der Waals surface area (Å²) < 4.78 is 5.33. The first-order chi connectivity index (χ1) is 10.8. The van der Waals surface area contributed by atoms with Gasteiger partial charge >= 0.3 is 0 Å². The van der Waals surface area contributed by atoms with Crippen molar-refractivity contribution in [2.75, 3.05) is 63.9 Å². The number of hydrogen-bond donors (Lipinski definition) is 0. The third-order valence-electron chi connectivity index (χ3n) is 4.31. The Balaban J connectivity index is 1.61. The molecule has 0 N–H and O–H groups in total. The fourth-order valence-electron chi connectivity index (χ4n) is 2.83.